The van der Waals surface area contributed by atoms with E-state index >= 15 is 0 Å². The molecule has 1 amide bonds. The topological polar surface area (TPSA) is 42.4 Å². The van der Waals surface area contributed by atoms with Gasteiger partial charge in [0.25, 0.3) is 5.91 Å². The van der Waals surface area contributed by atoms with Gasteiger partial charge in [-0.05, 0) is 43.2 Å². The minimum Gasteiger partial charge on any atom is -0.274 e. The van der Waals surface area contributed by atoms with Crippen molar-refractivity contribution in [2.75, 3.05) is 7.11 Å². The zero-order valence-electron chi connectivity index (χ0n) is 12.6. The number of halogens is 3. The van der Waals surface area contributed by atoms with Crippen LogP contribution in [-0.2, 0) is 11.3 Å². The Labute approximate surface area is 149 Å². The van der Waals surface area contributed by atoms with Crippen molar-refractivity contribution < 1.29 is 9.63 Å². The summed E-state index contributed by atoms with van der Waals surface area (Å²) >= 11 is 18.1. The Morgan fingerprint density at radius 2 is 2.04 bits per heavy atom. The summed E-state index contributed by atoms with van der Waals surface area (Å²) in [7, 11) is 1.43. The van der Waals surface area contributed by atoms with E-state index in [1.54, 1.807) is 24.3 Å². The largest absolute Gasteiger partial charge is 0.280 e. The van der Waals surface area contributed by atoms with E-state index in [-0.39, 0.29) is 22.7 Å². The monoisotopic (exact) mass is 372 g/mol. The normalized spacial score (nSPS) is 12.0. The van der Waals surface area contributed by atoms with Gasteiger partial charge >= 0.3 is 0 Å². The lowest BCUT2D eigenvalue weighted by Gasteiger charge is -2.27. The van der Waals surface area contributed by atoms with Crippen LogP contribution in [0.3, 0.4) is 0 Å². The van der Waals surface area contributed by atoms with Gasteiger partial charge in [0.1, 0.15) is 5.15 Å². The van der Waals surface area contributed by atoms with E-state index in [0.717, 1.165) is 5.56 Å². The molecule has 0 saturated carbocycles. The fourth-order valence-electron chi connectivity index (χ4n) is 2.22. The van der Waals surface area contributed by atoms with Gasteiger partial charge in [0.05, 0.1) is 18.7 Å². The molecule has 1 aromatic carbocycles. The third-order valence-corrected chi connectivity index (χ3v) is 4.21. The smallest absolute Gasteiger partial charge is 0.274 e. The first-order chi connectivity index (χ1) is 10.9. The molecule has 1 aromatic heterocycles. The molecule has 1 heterocycles. The second-order valence-electron chi connectivity index (χ2n) is 4.94. The molecule has 4 nitrogen and oxygen atoms in total. The van der Waals surface area contributed by atoms with E-state index in [4.69, 9.17) is 39.6 Å². The zero-order valence-corrected chi connectivity index (χ0v) is 14.9. The standard InChI is InChI=1S/C16H15Cl3N2O2/c1-10(8-11-5-6-12(17)9-14(11)18)21(23-2)16(22)13-4-3-7-20-15(13)19/h3-7,9-10H,8H2,1-2H3. The Bertz CT molecular complexity index is 709. The van der Waals surface area contributed by atoms with Crippen molar-refractivity contribution in [2.45, 2.75) is 19.4 Å². The number of hydroxylamine groups is 2. The second kappa shape index (κ2) is 7.97. The highest BCUT2D eigenvalue weighted by Crippen LogP contribution is 2.24. The highest BCUT2D eigenvalue weighted by Gasteiger charge is 2.24. The summed E-state index contributed by atoms with van der Waals surface area (Å²) in [5.74, 6) is -0.358. The lowest BCUT2D eigenvalue weighted by molar-refractivity contribution is -0.119. The molecular weight excluding hydrogens is 359 g/mol. The van der Waals surface area contributed by atoms with E-state index in [1.807, 2.05) is 13.0 Å². The lowest BCUT2D eigenvalue weighted by Crippen LogP contribution is -2.39. The first-order valence-corrected chi connectivity index (χ1v) is 7.99. The number of benzene rings is 1. The fourth-order valence-corrected chi connectivity index (χ4v) is 2.90. The number of carbonyl (C=O) groups excluding carboxylic acids is 1. The molecule has 0 aliphatic carbocycles. The van der Waals surface area contributed by atoms with E-state index in [9.17, 15) is 4.79 Å². The third-order valence-electron chi connectivity index (χ3n) is 3.32. The molecule has 122 valence electrons. The minimum atomic E-state index is -0.358. The van der Waals surface area contributed by atoms with Crippen LogP contribution in [0.2, 0.25) is 15.2 Å². The number of hydrogen-bond donors (Lipinski definition) is 0. The molecule has 23 heavy (non-hydrogen) atoms. The Kier molecular flexibility index (Phi) is 6.25. The van der Waals surface area contributed by atoms with Crippen molar-refractivity contribution in [1.82, 2.24) is 10.0 Å². The average molecular weight is 374 g/mol. The lowest BCUT2D eigenvalue weighted by atomic mass is 10.1. The van der Waals surface area contributed by atoms with Crippen LogP contribution in [0.1, 0.15) is 22.8 Å². The van der Waals surface area contributed by atoms with Crippen LogP contribution in [0, 0.1) is 0 Å². The highest BCUT2D eigenvalue weighted by molar-refractivity contribution is 6.35. The molecule has 0 fully saturated rings. The second-order valence-corrected chi connectivity index (χ2v) is 6.15. The molecule has 0 aliphatic rings. The molecule has 0 aliphatic heterocycles. The number of hydrogen-bond acceptors (Lipinski definition) is 3. The van der Waals surface area contributed by atoms with Gasteiger partial charge < -0.3 is 0 Å². The summed E-state index contributed by atoms with van der Waals surface area (Å²) in [6, 6.07) is 8.24. The first kappa shape index (κ1) is 18.0. The van der Waals surface area contributed by atoms with E-state index < -0.39 is 0 Å². The van der Waals surface area contributed by atoms with Gasteiger partial charge in [0.2, 0.25) is 0 Å². The number of amides is 1. The average Bonchev–Trinajstić information content (AvgIpc) is 2.51. The van der Waals surface area contributed by atoms with E-state index in [2.05, 4.69) is 4.98 Å². The zero-order chi connectivity index (χ0) is 17.0. The van der Waals surface area contributed by atoms with Crippen LogP contribution in [0.15, 0.2) is 36.5 Å². The van der Waals surface area contributed by atoms with Gasteiger partial charge in [-0.25, -0.2) is 10.0 Å². The van der Waals surface area contributed by atoms with Crippen molar-refractivity contribution in [1.29, 1.82) is 0 Å². The van der Waals surface area contributed by atoms with Crippen molar-refractivity contribution in [3.05, 3.63) is 62.9 Å². The van der Waals surface area contributed by atoms with Gasteiger partial charge in [-0.2, -0.15) is 0 Å². The molecule has 2 rings (SSSR count). The van der Waals surface area contributed by atoms with Crippen LogP contribution in [0.5, 0.6) is 0 Å². The summed E-state index contributed by atoms with van der Waals surface area (Å²) in [6.45, 7) is 1.86. The maximum absolute atomic E-state index is 12.6. The molecule has 0 spiro atoms. The maximum atomic E-state index is 12.6. The summed E-state index contributed by atoms with van der Waals surface area (Å²) < 4.78 is 0. The van der Waals surface area contributed by atoms with Gasteiger partial charge in [0, 0.05) is 16.2 Å². The Morgan fingerprint density at radius 1 is 1.30 bits per heavy atom. The van der Waals surface area contributed by atoms with E-state index in [1.165, 1.54) is 18.4 Å². The third kappa shape index (κ3) is 4.36. The van der Waals surface area contributed by atoms with Gasteiger partial charge in [0.15, 0.2) is 0 Å². The number of pyridine rings is 1. The van der Waals surface area contributed by atoms with Crippen LogP contribution in [0.4, 0.5) is 0 Å². The predicted molar refractivity (Wildman–Crippen MR) is 92.1 cm³/mol. The quantitative estimate of drug-likeness (QED) is 0.564. The molecule has 0 saturated heterocycles. The summed E-state index contributed by atoms with van der Waals surface area (Å²) in [5.41, 5.74) is 1.15. The summed E-state index contributed by atoms with van der Waals surface area (Å²) in [6.07, 6.45) is 2.03. The number of rotatable bonds is 5. The maximum Gasteiger partial charge on any atom is 0.280 e. The van der Waals surface area contributed by atoms with Gasteiger partial charge in [-0.1, -0.05) is 40.9 Å². The Hall–Kier alpha value is -1.33. The van der Waals surface area contributed by atoms with Crippen LogP contribution in [-0.4, -0.2) is 29.1 Å². The Morgan fingerprint density at radius 3 is 2.65 bits per heavy atom. The van der Waals surface area contributed by atoms with Gasteiger partial charge in [-0.3, -0.25) is 9.63 Å². The van der Waals surface area contributed by atoms with E-state index in [0.29, 0.717) is 16.5 Å². The first-order valence-electron chi connectivity index (χ1n) is 6.86. The van der Waals surface area contributed by atoms with Crippen LogP contribution < -0.4 is 0 Å². The fraction of sp³-hybridized carbons (Fsp3) is 0.250. The van der Waals surface area contributed by atoms with Crippen molar-refractivity contribution in [3.63, 3.8) is 0 Å². The SMILES string of the molecule is CON(C(=O)c1cccnc1Cl)C(C)Cc1ccc(Cl)cc1Cl. The number of carbonyl (C=O) groups is 1. The molecule has 1 atom stereocenters. The predicted octanol–water partition coefficient (Wildman–Crippen LogP) is 4.68. The number of aromatic nitrogens is 1. The molecule has 7 heteroatoms. The molecule has 0 N–H and O–H groups in total. The van der Waals surface area contributed by atoms with Crippen LogP contribution >= 0.6 is 34.8 Å². The van der Waals surface area contributed by atoms with Crippen molar-refractivity contribution >= 4 is 40.7 Å². The van der Waals surface area contributed by atoms with Crippen molar-refractivity contribution in [2.24, 2.45) is 0 Å². The molecule has 2 aromatic rings. The molecular formula is C16H15Cl3N2O2. The highest BCUT2D eigenvalue weighted by atomic mass is 35.5. The molecule has 0 radical (unpaired) electrons. The summed E-state index contributed by atoms with van der Waals surface area (Å²) in [4.78, 5) is 21.7. The molecule has 0 bridgehead atoms. The van der Waals surface area contributed by atoms with Crippen LogP contribution in [0.25, 0.3) is 0 Å². The minimum absolute atomic E-state index is 0.135. The summed E-state index contributed by atoms with van der Waals surface area (Å²) in [5, 5.41) is 2.50. The Balaban J connectivity index is 2.20. The molecule has 1 unspecified atom stereocenters. The van der Waals surface area contributed by atoms with Gasteiger partial charge in [-0.15, -0.1) is 0 Å². The van der Waals surface area contributed by atoms with Crippen molar-refractivity contribution in [3.8, 4) is 0 Å². The number of nitrogens with zero attached hydrogens (tertiary/aromatic N) is 2.